The Labute approximate surface area is 148 Å². The molecule has 1 fully saturated rings. The number of carboxylic acid groups (broad SMARTS) is 1. The fourth-order valence-corrected chi connectivity index (χ4v) is 3.13. The Morgan fingerprint density at radius 2 is 2.04 bits per heavy atom. The van der Waals surface area contributed by atoms with E-state index in [1.807, 2.05) is 0 Å². The number of carbonyl (C=O) groups is 3. The van der Waals surface area contributed by atoms with E-state index in [-0.39, 0.29) is 30.0 Å². The van der Waals surface area contributed by atoms with Crippen LogP contribution in [0.25, 0.3) is 0 Å². The molecule has 1 saturated carbocycles. The molecule has 0 atom stereocenters. The molecule has 2 aromatic rings. The molecule has 3 rings (SSSR count). The van der Waals surface area contributed by atoms with Gasteiger partial charge in [0.05, 0.1) is 17.8 Å². The van der Waals surface area contributed by atoms with E-state index < -0.39 is 5.97 Å². The van der Waals surface area contributed by atoms with E-state index in [2.05, 4.69) is 10.3 Å². The molecule has 8 heteroatoms. The molecule has 0 unspecified atom stereocenters. The largest absolute Gasteiger partial charge is 0.476 e. The van der Waals surface area contributed by atoms with Crippen molar-refractivity contribution in [1.82, 2.24) is 10.3 Å². The molecule has 130 valence electrons. The number of rotatable bonds is 6. The summed E-state index contributed by atoms with van der Waals surface area (Å²) < 4.78 is 0. The molecule has 1 aromatic carbocycles. The number of hydrogen-bond donors (Lipinski definition) is 2. The van der Waals surface area contributed by atoms with E-state index >= 15 is 0 Å². The Morgan fingerprint density at radius 3 is 2.68 bits per heavy atom. The third kappa shape index (κ3) is 3.85. The van der Waals surface area contributed by atoms with Gasteiger partial charge in [-0.2, -0.15) is 0 Å². The van der Waals surface area contributed by atoms with Crippen LogP contribution in [0.1, 0.15) is 38.7 Å². The van der Waals surface area contributed by atoms with Gasteiger partial charge in [-0.15, -0.1) is 11.3 Å². The molecule has 1 aromatic heterocycles. The van der Waals surface area contributed by atoms with Crippen molar-refractivity contribution in [2.75, 3.05) is 11.9 Å². The molecule has 2 N–H and O–H groups in total. The highest BCUT2D eigenvalue weighted by atomic mass is 32.1. The van der Waals surface area contributed by atoms with Crippen LogP contribution < -0.4 is 10.2 Å². The molecular weight excluding hydrogens is 342 g/mol. The van der Waals surface area contributed by atoms with E-state index in [0.717, 1.165) is 12.8 Å². The number of aromatic nitrogens is 1. The molecule has 2 amide bonds. The van der Waals surface area contributed by atoms with Crippen LogP contribution in [0.3, 0.4) is 0 Å². The van der Waals surface area contributed by atoms with E-state index in [0.29, 0.717) is 16.3 Å². The summed E-state index contributed by atoms with van der Waals surface area (Å²) in [5.74, 6) is -1.35. The number of carboxylic acids is 1. The average molecular weight is 359 g/mol. The van der Waals surface area contributed by atoms with Gasteiger partial charge in [0.25, 0.3) is 5.91 Å². The van der Waals surface area contributed by atoms with Gasteiger partial charge in [-0.3, -0.25) is 9.59 Å². The summed E-state index contributed by atoms with van der Waals surface area (Å²) in [6.45, 7) is 0.130. The summed E-state index contributed by atoms with van der Waals surface area (Å²) in [6.07, 6.45) is 1.79. The van der Waals surface area contributed by atoms with Gasteiger partial charge in [0, 0.05) is 18.3 Å². The van der Waals surface area contributed by atoms with Crippen LogP contribution in [0.5, 0.6) is 0 Å². The lowest BCUT2D eigenvalue weighted by atomic mass is 10.1. The quantitative estimate of drug-likeness (QED) is 0.823. The number of aromatic carboxylic acids is 1. The van der Waals surface area contributed by atoms with Crippen LogP contribution in [0.2, 0.25) is 0 Å². The van der Waals surface area contributed by atoms with Crippen molar-refractivity contribution in [3.05, 3.63) is 45.9 Å². The second kappa shape index (κ2) is 7.02. The summed E-state index contributed by atoms with van der Waals surface area (Å²) in [6, 6.07) is 6.91. The topological polar surface area (TPSA) is 99.6 Å². The van der Waals surface area contributed by atoms with Gasteiger partial charge in [0.15, 0.2) is 5.69 Å². The fourth-order valence-electron chi connectivity index (χ4n) is 2.42. The Hall–Kier alpha value is -2.74. The first-order valence-electron chi connectivity index (χ1n) is 7.80. The standard InChI is InChI=1S/C17H17N3O4S/c1-20(16(22)10-6-7-10)13-5-3-2-4-11(13)15(21)18-8-14-19-12(9-25-14)17(23)24/h2-5,9-10H,6-8H2,1H3,(H,18,21)(H,23,24). The van der Waals surface area contributed by atoms with Crippen LogP contribution in [0.4, 0.5) is 5.69 Å². The van der Waals surface area contributed by atoms with Crippen molar-refractivity contribution < 1.29 is 19.5 Å². The maximum Gasteiger partial charge on any atom is 0.355 e. The summed E-state index contributed by atoms with van der Waals surface area (Å²) in [7, 11) is 1.67. The number of hydrogen-bond acceptors (Lipinski definition) is 5. The second-order valence-electron chi connectivity index (χ2n) is 5.80. The van der Waals surface area contributed by atoms with Crippen LogP contribution >= 0.6 is 11.3 Å². The number of para-hydroxylation sites is 1. The van der Waals surface area contributed by atoms with Gasteiger partial charge < -0.3 is 15.3 Å². The van der Waals surface area contributed by atoms with Crippen LogP contribution in [0, 0.1) is 5.92 Å². The van der Waals surface area contributed by atoms with E-state index in [1.165, 1.54) is 21.6 Å². The Bertz CT molecular complexity index is 829. The maximum atomic E-state index is 12.5. The molecule has 0 radical (unpaired) electrons. The molecule has 0 bridgehead atoms. The minimum atomic E-state index is -1.10. The van der Waals surface area contributed by atoms with Crippen molar-refractivity contribution in [3.8, 4) is 0 Å². The first-order valence-corrected chi connectivity index (χ1v) is 8.68. The molecule has 0 saturated heterocycles. The normalized spacial score (nSPS) is 13.3. The summed E-state index contributed by atoms with van der Waals surface area (Å²) >= 11 is 1.17. The number of nitrogens with zero attached hydrogens (tertiary/aromatic N) is 2. The average Bonchev–Trinajstić information content (AvgIpc) is 3.35. The predicted molar refractivity (Wildman–Crippen MR) is 92.8 cm³/mol. The molecule has 0 spiro atoms. The van der Waals surface area contributed by atoms with Crippen molar-refractivity contribution in [1.29, 1.82) is 0 Å². The van der Waals surface area contributed by atoms with Gasteiger partial charge in [0.1, 0.15) is 5.01 Å². The van der Waals surface area contributed by atoms with Crippen molar-refractivity contribution in [2.45, 2.75) is 19.4 Å². The number of anilines is 1. The first-order chi connectivity index (χ1) is 12.0. The van der Waals surface area contributed by atoms with Gasteiger partial charge in [0.2, 0.25) is 5.91 Å². The molecule has 1 heterocycles. The zero-order valence-electron chi connectivity index (χ0n) is 13.6. The van der Waals surface area contributed by atoms with Gasteiger partial charge in [-0.1, -0.05) is 12.1 Å². The molecule has 25 heavy (non-hydrogen) atoms. The number of amides is 2. The van der Waals surface area contributed by atoms with E-state index in [1.54, 1.807) is 31.3 Å². The van der Waals surface area contributed by atoms with Crippen LogP contribution in [0.15, 0.2) is 29.6 Å². The Kier molecular flexibility index (Phi) is 4.80. The first kappa shape index (κ1) is 17.1. The number of thiazole rings is 1. The fraction of sp³-hybridized carbons (Fsp3) is 0.294. The smallest absolute Gasteiger partial charge is 0.355 e. The van der Waals surface area contributed by atoms with E-state index in [9.17, 15) is 14.4 Å². The molecule has 7 nitrogen and oxygen atoms in total. The number of nitrogens with one attached hydrogen (secondary N) is 1. The second-order valence-corrected chi connectivity index (χ2v) is 6.75. The Morgan fingerprint density at radius 1 is 1.32 bits per heavy atom. The molecular formula is C17H17N3O4S. The zero-order chi connectivity index (χ0) is 18.0. The van der Waals surface area contributed by atoms with Crippen molar-refractivity contribution >= 4 is 34.8 Å². The Balaban J connectivity index is 1.71. The van der Waals surface area contributed by atoms with Gasteiger partial charge >= 0.3 is 5.97 Å². The molecule has 1 aliphatic rings. The van der Waals surface area contributed by atoms with Gasteiger partial charge in [-0.05, 0) is 25.0 Å². The third-order valence-electron chi connectivity index (χ3n) is 3.94. The lowest BCUT2D eigenvalue weighted by molar-refractivity contribution is -0.119. The van der Waals surface area contributed by atoms with Gasteiger partial charge in [-0.25, -0.2) is 9.78 Å². The highest BCUT2D eigenvalue weighted by molar-refractivity contribution is 7.09. The van der Waals surface area contributed by atoms with Crippen molar-refractivity contribution in [2.24, 2.45) is 5.92 Å². The SMILES string of the molecule is CN(C(=O)C1CC1)c1ccccc1C(=O)NCc1nc(C(=O)O)cs1. The molecule has 0 aliphatic heterocycles. The number of benzene rings is 1. The number of carbonyl (C=O) groups excluding carboxylic acids is 2. The summed E-state index contributed by atoms with van der Waals surface area (Å²) in [5.41, 5.74) is 0.917. The van der Waals surface area contributed by atoms with Crippen molar-refractivity contribution in [3.63, 3.8) is 0 Å². The lowest BCUT2D eigenvalue weighted by Crippen LogP contribution is -2.31. The minimum Gasteiger partial charge on any atom is -0.476 e. The summed E-state index contributed by atoms with van der Waals surface area (Å²) in [5, 5.41) is 13.5. The minimum absolute atomic E-state index is 0.0197. The summed E-state index contributed by atoms with van der Waals surface area (Å²) in [4.78, 5) is 41.1. The lowest BCUT2D eigenvalue weighted by Gasteiger charge is -2.20. The highest BCUT2D eigenvalue weighted by Gasteiger charge is 2.33. The van der Waals surface area contributed by atoms with Crippen LogP contribution in [-0.2, 0) is 11.3 Å². The van der Waals surface area contributed by atoms with E-state index in [4.69, 9.17) is 5.11 Å². The predicted octanol–water partition coefficient (Wildman–Crippen LogP) is 2.14. The highest BCUT2D eigenvalue weighted by Crippen LogP contribution is 2.33. The monoisotopic (exact) mass is 359 g/mol. The molecule has 1 aliphatic carbocycles. The third-order valence-corrected chi connectivity index (χ3v) is 4.79. The maximum absolute atomic E-state index is 12.5. The van der Waals surface area contributed by atoms with Crippen LogP contribution in [-0.4, -0.2) is 34.9 Å². The zero-order valence-corrected chi connectivity index (χ0v) is 14.4.